The highest BCUT2D eigenvalue weighted by Gasteiger charge is 2.52. The molecule has 3 fully saturated rings. The summed E-state index contributed by atoms with van der Waals surface area (Å²) in [7, 11) is 2.85. The van der Waals surface area contributed by atoms with Gasteiger partial charge in [-0.05, 0) is 67.6 Å². The number of hydrogen-bond acceptors (Lipinski definition) is 12. The summed E-state index contributed by atoms with van der Waals surface area (Å²) < 4.78 is 12.0. The number of rotatable bonds is 14. The van der Waals surface area contributed by atoms with Gasteiger partial charge in [0.1, 0.15) is 60.4 Å². The topological polar surface area (TPSA) is 276 Å². The molecule has 0 radical (unpaired) electrons. The van der Waals surface area contributed by atoms with Crippen LogP contribution in [0.2, 0.25) is 0 Å². The van der Waals surface area contributed by atoms with Gasteiger partial charge < -0.3 is 56.3 Å². The van der Waals surface area contributed by atoms with E-state index in [1.807, 2.05) is 27.7 Å². The summed E-state index contributed by atoms with van der Waals surface area (Å²) in [5, 5.41) is 21.0. The fraction of sp³-hybridized carbons (Fsp3) is 0.681. The molecule has 2 bridgehead atoms. The number of nitrogens with one attached hydrogen (secondary N) is 4. The van der Waals surface area contributed by atoms with Crippen molar-refractivity contribution in [3.05, 3.63) is 29.8 Å². The van der Waals surface area contributed by atoms with E-state index in [-0.39, 0.29) is 69.1 Å². The van der Waals surface area contributed by atoms with Gasteiger partial charge in [0.05, 0.1) is 0 Å². The van der Waals surface area contributed by atoms with Crippen LogP contribution in [0, 0.1) is 23.7 Å². The maximum Gasteiger partial charge on any atom is 0.329 e. The van der Waals surface area contributed by atoms with E-state index in [9.17, 15) is 43.5 Å². The number of ether oxygens (including phenoxy) is 2. The van der Waals surface area contributed by atoms with Crippen molar-refractivity contribution in [2.75, 3.05) is 20.7 Å². The quantitative estimate of drug-likeness (QED) is 0.142. The molecule has 0 aromatic heterocycles. The van der Waals surface area contributed by atoms with Crippen molar-refractivity contribution in [3.63, 3.8) is 0 Å². The van der Waals surface area contributed by atoms with Gasteiger partial charge in [0, 0.05) is 46.4 Å². The first-order valence-corrected chi connectivity index (χ1v) is 23.4. The van der Waals surface area contributed by atoms with Gasteiger partial charge in [-0.1, -0.05) is 67.0 Å². The third-order valence-electron chi connectivity index (χ3n) is 12.9. The number of benzene rings is 1. The molecule has 3 saturated heterocycles. The zero-order chi connectivity index (χ0) is 50.0. The second-order valence-electron chi connectivity index (χ2n) is 19.2. The molecule has 20 heteroatoms. The minimum Gasteiger partial charge on any atom is -0.508 e. The van der Waals surface area contributed by atoms with E-state index in [2.05, 4.69) is 21.3 Å². The lowest BCUT2D eigenvalue weighted by Gasteiger charge is -2.44. The third kappa shape index (κ3) is 13.7. The SMILES string of the molecule is CC[C@H](C)[C@@H]1NC(=O)[C@H](Cc2ccc(O)cc2)N(C)C(=O)[C@H](CC(C)C)N2C(=O)[C@H](CC[C@H]2OC)NC(=O)[C@H](CC(C)C)NC(=O)[C@@H]2[C@@H](OC1=O)C(C)CN2C(=O)[C@H](CCC(N)=O)NC(C)=O. The molecule has 1 aromatic carbocycles. The van der Waals surface area contributed by atoms with Gasteiger partial charge in [0.2, 0.25) is 47.3 Å². The van der Waals surface area contributed by atoms with Crippen LogP contribution < -0.4 is 27.0 Å². The van der Waals surface area contributed by atoms with E-state index in [0.29, 0.717) is 12.0 Å². The number of nitrogens with two attached hydrogens (primary N) is 1. The van der Waals surface area contributed by atoms with Gasteiger partial charge in [0.15, 0.2) is 0 Å². The van der Waals surface area contributed by atoms with Gasteiger partial charge in [-0.2, -0.15) is 0 Å². The molecule has 3 heterocycles. The van der Waals surface area contributed by atoms with Gasteiger partial charge >= 0.3 is 5.97 Å². The number of hydrogen-bond donors (Lipinski definition) is 6. The molecule has 3 aliphatic rings. The monoisotopic (exact) mass is 941 g/mol. The maximum atomic E-state index is 15.0. The van der Waals surface area contributed by atoms with Crippen LogP contribution in [0.25, 0.3) is 0 Å². The van der Waals surface area contributed by atoms with Crippen LogP contribution in [-0.2, 0) is 59.0 Å². The zero-order valence-electron chi connectivity index (χ0n) is 40.5. The molecule has 4 rings (SSSR count). The van der Waals surface area contributed by atoms with Crippen molar-refractivity contribution in [3.8, 4) is 5.75 Å². The normalized spacial score (nSPS) is 27.8. The molecule has 0 spiro atoms. The summed E-state index contributed by atoms with van der Waals surface area (Å²) >= 11 is 0. The van der Waals surface area contributed by atoms with Crippen LogP contribution in [0.15, 0.2) is 24.3 Å². The Morgan fingerprint density at radius 3 is 2.10 bits per heavy atom. The summed E-state index contributed by atoms with van der Waals surface area (Å²) in [5.41, 5.74) is 5.97. The van der Waals surface area contributed by atoms with Crippen LogP contribution >= 0.6 is 0 Å². The van der Waals surface area contributed by atoms with E-state index >= 15 is 4.79 Å². The second kappa shape index (κ2) is 23.8. The predicted molar refractivity (Wildman–Crippen MR) is 244 cm³/mol. The Morgan fingerprint density at radius 2 is 1.54 bits per heavy atom. The van der Waals surface area contributed by atoms with Crippen molar-refractivity contribution in [1.29, 1.82) is 0 Å². The van der Waals surface area contributed by atoms with E-state index in [1.165, 1.54) is 43.0 Å². The Hall–Kier alpha value is -5.79. The summed E-state index contributed by atoms with van der Waals surface area (Å²) in [6.07, 6.45) is -1.85. The van der Waals surface area contributed by atoms with Gasteiger partial charge in [0.25, 0.3) is 0 Å². The Morgan fingerprint density at radius 1 is 0.896 bits per heavy atom. The van der Waals surface area contributed by atoms with Crippen LogP contribution in [-0.4, -0.2) is 148 Å². The molecule has 1 unspecified atom stereocenters. The number of carbonyl (C=O) groups excluding carboxylic acids is 9. The van der Waals surface area contributed by atoms with Gasteiger partial charge in [-0.15, -0.1) is 0 Å². The number of esters is 1. The van der Waals surface area contributed by atoms with E-state index in [1.54, 1.807) is 32.9 Å². The number of primary amides is 1. The first-order chi connectivity index (χ1) is 31.5. The number of piperidine rings is 1. The lowest BCUT2D eigenvalue weighted by atomic mass is 9.93. The summed E-state index contributed by atoms with van der Waals surface area (Å²) in [4.78, 5) is 131. The minimum absolute atomic E-state index is 0.0224. The Balaban J connectivity index is 1.93. The smallest absolute Gasteiger partial charge is 0.329 e. The number of aromatic hydroxyl groups is 1. The van der Waals surface area contributed by atoms with Crippen molar-refractivity contribution in [2.24, 2.45) is 29.4 Å². The molecule has 0 saturated carbocycles. The van der Waals surface area contributed by atoms with Gasteiger partial charge in [-0.3, -0.25) is 38.4 Å². The number of fused-ring (bicyclic) bond motifs is 3. The molecule has 372 valence electrons. The molecular formula is C47H72N8O12. The van der Waals surface area contributed by atoms with Crippen LogP contribution in [0.5, 0.6) is 5.75 Å². The molecule has 67 heavy (non-hydrogen) atoms. The first-order valence-electron chi connectivity index (χ1n) is 23.4. The highest BCUT2D eigenvalue weighted by Crippen LogP contribution is 2.31. The highest BCUT2D eigenvalue weighted by atomic mass is 16.5. The number of likely N-dealkylation sites (N-methyl/N-ethyl adjacent to an activating group) is 1. The van der Waals surface area contributed by atoms with Crippen LogP contribution in [0.4, 0.5) is 0 Å². The Bertz CT molecular complexity index is 1980. The fourth-order valence-corrected chi connectivity index (χ4v) is 9.11. The molecule has 3 aliphatic heterocycles. The minimum atomic E-state index is -1.58. The fourth-order valence-electron chi connectivity index (χ4n) is 9.11. The zero-order valence-corrected chi connectivity index (χ0v) is 40.5. The highest BCUT2D eigenvalue weighted by molar-refractivity contribution is 5.98. The Kier molecular flexibility index (Phi) is 19.1. The third-order valence-corrected chi connectivity index (χ3v) is 12.9. The summed E-state index contributed by atoms with van der Waals surface area (Å²) in [6, 6.07) is -3.04. The number of carbonyl (C=O) groups is 9. The molecule has 11 atom stereocenters. The van der Waals surface area contributed by atoms with E-state index < -0.39 is 120 Å². The summed E-state index contributed by atoms with van der Waals surface area (Å²) in [6.45, 7) is 13.6. The summed E-state index contributed by atoms with van der Waals surface area (Å²) in [5.74, 6) is -8.19. The molecule has 0 aliphatic carbocycles. The van der Waals surface area contributed by atoms with Gasteiger partial charge in [-0.25, -0.2) is 4.79 Å². The number of nitrogens with zero attached hydrogens (tertiary/aromatic N) is 3. The van der Waals surface area contributed by atoms with E-state index in [0.717, 1.165) is 4.90 Å². The van der Waals surface area contributed by atoms with E-state index in [4.69, 9.17) is 15.2 Å². The lowest BCUT2D eigenvalue weighted by Crippen LogP contribution is -2.65. The standard InChI is InChI=1S/C47H72N8O12/c1-11-26(6)38-47(65)67-40-27(7)23-54(44(62)31(49-28(8)56)16-18-36(48)58)39(40)43(61)51-33(20-24(2)3)41(59)50-32-17-19-37(66-10)55(45(32)63)35(21-25(4)5)46(64)53(9)34(42(60)52-38)22-29-12-14-30(57)15-13-29/h12-15,24-27,31-35,37-40,57H,11,16-23H2,1-10H3,(H2,48,58)(H,49,56)(H,50,59)(H,51,61)(H,52,60)/t26-,27?,31-,32-,33-,34-,35-,37+,38-,39-,40-/m0/s1. The molecule has 20 nitrogen and oxygen atoms in total. The maximum absolute atomic E-state index is 15.0. The number of phenols is 1. The second-order valence-corrected chi connectivity index (χ2v) is 19.2. The number of phenolic OH excluding ortho intramolecular Hbond substituents is 1. The Labute approximate surface area is 393 Å². The van der Waals surface area contributed by atoms with Crippen LogP contribution in [0.1, 0.15) is 106 Å². The predicted octanol–water partition coefficient (Wildman–Crippen LogP) is 0.860. The average Bonchev–Trinajstić information content (AvgIpc) is 3.59. The van der Waals surface area contributed by atoms with Crippen molar-refractivity contribution in [2.45, 2.75) is 161 Å². The largest absolute Gasteiger partial charge is 0.508 e. The van der Waals surface area contributed by atoms with Crippen LogP contribution in [0.3, 0.4) is 0 Å². The number of amides is 8. The number of methoxy groups -OCH3 is 1. The number of likely N-dealkylation sites (tertiary alicyclic amines) is 1. The molecule has 1 aromatic rings. The average molecular weight is 941 g/mol. The molecular weight excluding hydrogens is 869 g/mol. The van der Waals surface area contributed by atoms with Crippen molar-refractivity contribution >= 4 is 53.2 Å². The van der Waals surface area contributed by atoms with Crippen molar-refractivity contribution in [1.82, 2.24) is 36.0 Å². The molecule has 8 amide bonds. The molecule has 7 N–H and O–H groups in total. The van der Waals surface area contributed by atoms with Crippen molar-refractivity contribution < 1.29 is 57.7 Å². The lowest BCUT2D eigenvalue weighted by molar-refractivity contribution is -0.169. The first kappa shape index (κ1) is 53.8.